The topological polar surface area (TPSA) is 79.0 Å². The van der Waals surface area contributed by atoms with E-state index in [4.69, 9.17) is 4.74 Å². The van der Waals surface area contributed by atoms with E-state index in [0.29, 0.717) is 24.7 Å². The van der Waals surface area contributed by atoms with Gasteiger partial charge in [-0.1, -0.05) is 38.3 Å². The van der Waals surface area contributed by atoms with E-state index in [9.17, 15) is 13.2 Å². The smallest absolute Gasteiger partial charge is 0.251 e. The standard InChI is InChI=1S/C17H24N2O3S.C15H21NO.H2/c20-17(18-15-4-2-1-3-5-15)14-6-8-16(9-7-14)19-10-12-23(21,22)13-11-19;1-2-16-9-6-12(7-10-16)13-4-3-5-15-14(13)8-11-17-15;/h6-9,15H,1-5,10-13H2,(H,18,20);3-5,12H,2,6-11H2,1H3;1H. The van der Waals surface area contributed by atoms with Crippen LogP contribution in [0.15, 0.2) is 42.5 Å². The second-order valence-corrected chi connectivity index (χ2v) is 13.9. The first-order valence-corrected chi connectivity index (χ1v) is 17.1. The molecule has 8 heteroatoms. The highest BCUT2D eigenvalue weighted by atomic mass is 32.2. The van der Waals surface area contributed by atoms with Gasteiger partial charge in [0.2, 0.25) is 0 Å². The number of carbonyl (C=O) groups is 1. The van der Waals surface area contributed by atoms with Crippen LogP contribution in [0.4, 0.5) is 5.69 Å². The summed E-state index contributed by atoms with van der Waals surface area (Å²) in [4.78, 5) is 16.9. The summed E-state index contributed by atoms with van der Waals surface area (Å²) < 4.78 is 28.6. The maximum atomic E-state index is 12.3. The van der Waals surface area contributed by atoms with E-state index >= 15 is 0 Å². The summed E-state index contributed by atoms with van der Waals surface area (Å²) in [5.74, 6) is 2.30. The van der Waals surface area contributed by atoms with Crippen molar-refractivity contribution in [3.8, 4) is 5.75 Å². The molecule has 40 heavy (non-hydrogen) atoms. The molecule has 220 valence electrons. The van der Waals surface area contributed by atoms with E-state index in [2.05, 4.69) is 40.2 Å². The van der Waals surface area contributed by atoms with Gasteiger partial charge in [0, 0.05) is 43.8 Å². The van der Waals surface area contributed by atoms with E-state index in [1.54, 1.807) is 5.56 Å². The van der Waals surface area contributed by atoms with Crippen molar-refractivity contribution in [1.29, 1.82) is 0 Å². The summed E-state index contributed by atoms with van der Waals surface area (Å²) in [5.41, 5.74) is 4.70. The van der Waals surface area contributed by atoms with Gasteiger partial charge in [-0.3, -0.25) is 4.79 Å². The van der Waals surface area contributed by atoms with Gasteiger partial charge in [0.05, 0.1) is 18.1 Å². The number of nitrogens with one attached hydrogen (secondary N) is 1. The van der Waals surface area contributed by atoms with Crippen molar-refractivity contribution >= 4 is 21.4 Å². The average Bonchev–Trinajstić information content (AvgIpc) is 3.48. The Kier molecular flexibility index (Phi) is 9.68. The minimum atomic E-state index is -2.87. The Morgan fingerprint density at radius 3 is 2.33 bits per heavy atom. The molecule has 2 aromatic carbocycles. The predicted octanol–water partition coefficient (Wildman–Crippen LogP) is 5.05. The zero-order valence-corrected chi connectivity index (χ0v) is 24.8. The van der Waals surface area contributed by atoms with Crippen molar-refractivity contribution in [2.75, 3.05) is 55.7 Å². The van der Waals surface area contributed by atoms with Crippen LogP contribution in [0.5, 0.6) is 5.75 Å². The summed E-state index contributed by atoms with van der Waals surface area (Å²) in [6, 6.07) is 14.4. The number of likely N-dealkylation sites (tertiary alicyclic amines) is 1. The molecule has 2 aromatic rings. The van der Waals surface area contributed by atoms with Crippen LogP contribution >= 0.6 is 0 Å². The monoisotopic (exact) mass is 569 g/mol. The number of sulfone groups is 1. The summed E-state index contributed by atoms with van der Waals surface area (Å²) in [5, 5.41) is 3.11. The first-order chi connectivity index (χ1) is 19.4. The number of rotatable bonds is 5. The van der Waals surface area contributed by atoms with Crippen molar-refractivity contribution < 1.29 is 19.4 Å². The van der Waals surface area contributed by atoms with Crippen LogP contribution in [-0.2, 0) is 16.3 Å². The molecule has 0 bridgehead atoms. The van der Waals surface area contributed by atoms with Gasteiger partial charge in [-0.2, -0.15) is 0 Å². The molecule has 3 fully saturated rings. The number of anilines is 1. The Morgan fingerprint density at radius 2 is 1.65 bits per heavy atom. The number of fused-ring (bicyclic) bond motifs is 1. The quantitative estimate of drug-likeness (QED) is 0.543. The number of hydrogen-bond donors (Lipinski definition) is 1. The lowest BCUT2D eigenvalue weighted by molar-refractivity contribution is 0.0927. The molecule has 3 heterocycles. The van der Waals surface area contributed by atoms with Crippen molar-refractivity contribution in [2.24, 2.45) is 0 Å². The SMILES string of the molecule is CCN1CCC(c2cccc3c2CCO3)CC1.O=C(NC1CCCCC1)c1ccc(N2CCS(=O)(=O)CC2)cc1.[HH]. The average molecular weight is 570 g/mol. The fourth-order valence-electron chi connectivity index (χ4n) is 6.50. The molecule has 1 N–H and O–H groups in total. The Bertz CT molecular complexity index is 1230. The zero-order chi connectivity index (χ0) is 28.0. The van der Waals surface area contributed by atoms with E-state index < -0.39 is 9.84 Å². The van der Waals surface area contributed by atoms with Gasteiger partial charge in [0.15, 0.2) is 9.84 Å². The van der Waals surface area contributed by atoms with Crippen molar-refractivity contribution in [3.63, 3.8) is 0 Å². The number of nitrogens with zero attached hydrogens (tertiary/aromatic N) is 2. The van der Waals surface area contributed by atoms with Crippen LogP contribution < -0.4 is 15.0 Å². The molecule has 6 rings (SSSR count). The maximum Gasteiger partial charge on any atom is 0.251 e. The molecule has 3 aliphatic heterocycles. The Labute approximate surface area is 241 Å². The third-order valence-corrected chi connectivity index (χ3v) is 10.6. The lowest BCUT2D eigenvalue weighted by Crippen LogP contribution is -2.40. The van der Waals surface area contributed by atoms with E-state index in [1.807, 2.05) is 24.3 Å². The largest absolute Gasteiger partial charge is 0.493 e. The highest BCUT2D eigenvalue weighted by Gasteiger charge is 2.25. The van der Waals surface area contributed by atoms with Gasteiger partial charge in [0.1, 0.15) is 5.75 Å². The van der Waals surface area contributed by atoms with Gasteiger partial charge in [0.25, 0.3) is 5.91 Å². The number of amides is 1. The van der Waals surface area contributed by atoms with Crippen LogP contribution in [-0.4, -0.2) is 76.1 Å². The third kappa shape index (κ3) is 7.38. The van der Waals surface area contributed by atoms with Gasteiger partial charge < -0.3 is 19.9 Å². The molecule has 1 saturated carbocycles. The lowest BCUT2D eigenvalue weighted by Gasteiger charge is -2.32. The molecule has 0 atom stereocenters. The van der Waals surface area contributed by atoms with Crippen LogP contribution in [0.2, 0.25) is 0 Å². The highest BCUT2D eigenvalue weighted by molar-refractivity contribution is 7.91. The second-order valence-electron chi connectivity index (χ2n) is 11.6. The summed E-state index contributed by atoms with van der Waals surface area (Å²) >= 11 is 0. The molecule has 2 saturated heterocycles. The van der Waals surface area contributed by atoms with Gasteiger partial charge in [-0.05, 0) is 87.1 Å². The normalized spacial score (nSPS) is 21.6. The van der Waals surface area contributed by atoms with Gasteiger partial charge in [-0.15, -0.1) is 0 Å². The molecule has 0 unspecified atom stereocenters. The van der Waals surface area contributed by atoms with Gasteiger partial charge in [-0.25, -0.2) is 8.42 Å². The molecule has 7 nitrogen and oxygen atoms in total. The molecule has 1 aliphatic carbocycles. The molecular weight excluding hydrogens is 522 g/mol. The number of ether oxygens (including phenoxy) is 1. The van der Waals surface area contributed by atoms with E-state index in [1.165, 1.54) is 57.3 Å². The fourth-order valence-corrected chi connectivity index (χ4v) is 7.70. The molecule has 0 spiro atoms. The summed E-state index contributed by atoms with van der Waals surface area (Å²) in [6.45, 7) is 7.89. The molecular formula is C32H47N3O4S. The van der Waals surface area contributed by atoms with E-state index in [0.717, 1.165) is 43.2 Å². The molecule has 0 radical (unpaired) electrons. The number of hydrogen-bond acceptors (Lipinski definition) is 6. The van der Waals surface area contributed by atoms with E-state index in [-0.39, 0.29) is 18.8 Å². The summed E-state index contributed by atoms with van der Waals surface area (Å²) in [7, 11) is -2.87. The van der Waals surface area contributed by atoms with Crippen LogP contribution in [0.1, 0.15) is 80.7 Å². The molecule has 1 amide bonds. The number of carbonyl (C=O) groups excluding carboxylic acids is 1. The number of piperidine rings is 1. The molecule has 4 aliphatic rings. The Balaban J connectivity index is 0.000000192. The Morgan fingerprint density at radius 1 is 0.950 bits per heavy atom. The third-order valence-electron chi connectivity index (χ3n) is 9.03. The zero-order valence-electron chi connectivity index (χ0n) is 23.9. The maximum absolute atomic E-state index is 12.3. The highest BCUT2D eigenvalue weighted by Crippen LogP contribution is 2.36. The first kappa shape index (κ1) is 28.9. The van der Waals surface area contributed by atoms with Crippen LogP contribution in [0.25, 0.3) is 0 Å². The van der Waals surface area contributed by atoms with Gasteiger partial charge >= 0.3 is 0 Å². The molecule has 0 aromatic heterocycles. The van der Waals surface area contributed by atoms with Crippen molar-refractivity contribution in [3.05, 3.63) is 59.2 Å². The fraction of sp³-hybridized carbons (Fsp3) is 0.594. The number of benzene rings is 2. The predicted molar refractivity (Wildman–Crippen MR) is 163 cm³/mol. The van der Waals surface area contributed by atoms with Crippen molar-refractivity contribution in [1.82, 2.24) is 10.2 Å². The lowest BCUT2D eigenvalue weighted by atomic mass is 9.86. The second kappa shape index (κ2) is 13.4. The minimum Gasteiger partial charge on any atom is -0.493 e. The van der Waals surface area contributed by atoms with Crippen LogP contribution in [0.3, 0.4) is 0 Å². The summed E-state index contributed by atoms with van der Waals surface area (Å²) in [6.07, 6.45) is 9.54. The first-order valence-electron chi connectivity index (χ1n) is 15.2. The van der Waals surface area contributed by atoms with Crippen LogP contribution in [0, 0.1) is 0 Å². The Hall–Kier alpha value is -2.58. The van der Waals surface area contributed by atoms with Crippen molar-refractivity contribution in [2.45, 2.75) is 70.3 Å². The minimum absolute atomic E-state index is 0.